The van der Waals surface area contributed by atoms with Gasteiger partial charge in [0, 0.05) is 18.8 Å². The van der Waals surface area contributed by atoms with Crippen LogP contribution in [0.15, 0.2) is 42.5 Å². The van der Waals surface area contributed by atoms with E-state index < -0.39 is 0 Å². The molecule has 4 nitrogen and oxygen atoms in total. The quantitative estimate of drug-likeness (QED) is 0.839. The summed E-state index contributed by atoms with van der Waals surface area (Å²) < 4.78 is 13.2. The van der Waals surface area contributed by atoms with Gasteiger partial charge in [0.1, 0.15) is 5.82 Å². The van der Waals surface area contributed by atoms with E-state index in [4.69, 9.17) is 11.6 Å². The standard InChI is InChI=1S/C19H20ClFN2O2/c1-3-23(4-2)19(25)16-9-8-15(12-17(16)20)22-18(24)11-13-6-5-7-14(21)10-13/h5-10,12H,3-4,11H2,1-2H3,(H,22,24). The summed E-state index contributed by atoms with van der Waals surface area (Å²) in [6.45, 7) is 4.99. The number of carbonyl (C=O) groups excluding carboxylic acids is 2. The third-order valence-corrected chi connectivity index (χ3v) is 4.10. The zero-order valence-electron chi connectivity index (χ0n) is 14.2. The second-order valence-electron chi connectivity index (χ2n) is 5.53. The van der Waals surface area contributed by atoms with Crippen molar-refractivity contribution in [3.05, 3.63) is 64.4 Å². The summed E-state index contributed by atoms with van der Waals surface area (Å²) in [4.78, 5) is 26.1. The molecule has 0 atom stereocenters. The van der Waals surface area contributed by atoms with E-state index in [2.05, 4.69) is 5.32 Å². The van der Waals surface area contributed by atoms with Crippen LogP contribution in [0.3, 0.4) is 0 Å². The van der Waals surface area contributed by atoms with Gasteiger partial charge in [-0.1, -0.05) is 23.7 Å². The second kappa shape index (κ2) is 8.62. The lowest BCUT2D eigenvalue weighted by Gasteiger charge is -2.19. The summed E-state index contributed by atoms with van der Waals surface area (Å²) >= 11 is 6.20. The summed E-state index contributed by atoms with van der Waals surface area (Å²) in [6.07, 6.45) is 0.0511. The lowest BCUT2D eigenvalue weighted by molar-refractivity contribution is -0.115. The van der Waals surface area contributed by atoms with Crippen LogP contribution < -0.4 is 5.32 Å². The highest BCUT2D eigenvalue weighted by Gasteiger charge is 2.16. The Labute approximate surface area is 151 Å². The van der Waals surface area contributed by atoms with Crippen LogP contribution in [0.4, 0.5) is 10.1 Å². The minimum atomic E-state index is -0.382. The van der Waals surface area contributed by atoms with Gasteiger partial charge in [0.05, 0.1) is 17.0 Å². The molecule has 0 aliphatic carbocycles. The van der Waals surface area contributed by atoms with Crippen molar-refractivity contribution < 1.29 is 14.0 Å². The van der Waals surface area contributed by atoms with Gasteiger partial charge >= 0.3 is 0 Å². The maximum atomic E-state index is 13.2. The normalized spacial score (nSPS) is 10.4. The molecule has 0 aromatic heterocycles. The summed E-state index contributed by atoms with van der Waals surface area (Å²) in [7, 11) is 0. The predicted octanol–water partition coefficient (Wildman–Crippen LogP) is 4.14. The van der Waals surface area contributed by atoms with Crippen molar-refractivity contribution in [3.8, 4) is 0 Å². The molecule has 0 aliphatic rings. The number of nitrogens with one attached hydrogen (secondary N) is 1. The Morgan fingerprint density at radius 2 is 1.84 bits per heavy atom. The monoisotopic (exact) mass is 362 g/mol. The molecule has 2 aromatic carbocycles. The number of halogens is 2. The maximum absolute atomic E-state index is 13.2. The molecule has 2 aromatic rings. The Morgan fingerprint density at radius 3 is 2.44 bits per heavy atom. The van der Waals surface area contributed by atoms with Gasteiger partial charge in [0.15, 0.2) is 0 Å². The van der Waals surface area contributed by atoms with Crippen molar-refractivity contribution in [2.24, 2.45) is 0 Å². The first kappa shape index (κ1) is 18.9. The highest BCUT2D eigenvalue weighted by Crippen LogP contribution is 2.22. The fraction of sp³-hybridized carbons (Fsp3) is 0.263. The highest BCUT2D eigenvalue weighted by molar-refractivity contribution is 6.34. The molecule has 2 rings (SSSR count). The lowest BCUT2D eigenvalue weighted by Crippen LogP contribution is -2.30. The molecule has 0 unspecified atom stereocenters. The Balaban J connectivity index is 2.07. The third-order valence-electron chi connectivity index (χ3n) is 3.79. The Kier molecular flexibility index (Phi) is 6.53. The van der Waals surface area contributed by atoms with Crippen LogP contribution in [0, 0.1) is 5.82 Å². The number of anilines is 1. The Morgan fingerprint density at radius 1 is 1.12 bits per heavy atom. The van der Waals surface area contributed by atoms with Crippen molar-refractivity contribution in [1.82, 2.24) is 4.90 Å². The lowest BCUT2D eigenvalue weighted by atomic mass is 10.1. The van der Waals surface area contributed by atoms with Gasteiger partial charge in [-0.2, -0.15) is 0 Å². The molecular formula is C19H20ClFN2O2. The summed E-state index contributed by atoms with van der Waals surface area (Å²) in [5.74, 6) is -0.815. The van der Waals surface area contributed by atoms with E-state index in [0.717, 1.165) is 0 Å². The summed E-state index contributed by atoms with van der Waals surface area (Å²) in [5, 5.41) is 2.98. The zero-order chi connectivity index (χ0) is 18.4. The number of hydrogen-bond acceptors (Lipinski definition) is 2. The molecule has 6 heteroatoms. The predicted molar refractivity (Wildman–Crippen MR) is 97.4 cm³/mol. The molecule has 0 saturated heterocycles. The van der Waals surface area contributed by atoms with Gasteiger partial charge in [-0.05, 0) is 49.7 Å². The van der Waals surface area contributed by atoms with Crippen molar-refractivity contribution >= 4 is 29.1 Å². The van der Waals surface area contributed by atoms with Crippen LogP contribution in [0.25, 0.3) is 0 Å². The van der Waals surface area contributed by atoms with Crippen LogP contribution in [-0.4, -0.2) is 29.8 Å². The smallest absolute Gasteiger partial charge is 0.255 e. The van der Waals surface area contributed by atoms with Crippen LogP contribution in [-0.2, 0) is 11.2 Å². The molecular weight excluding hydrogens is 343 g/mol. The van der Waals surface area contributed by atoms with Gasteiger partial charge in [-0.15, -0.1) is 0 Å². The van der Waals surface area contributed by atoms with Gasteiger partial charge in [-0.25, -0.2) is 4.39 Å². The first-order valence-corrected chi connectivity index (χ1v) is 8.45. The van der Waals surface area contributed by atoms with E-state index in [1.165, 1.54) is 12.1 Å². The zero-order valence-corrected chi connectivity index (χ0v) is 14.9. The molecule has 0 aliphatic heterocycles. The average molecular weight is 363 g/mol. The molecule has 0 spiro atoms. The SMILES string of the molecule is CCN(CC)C(=O)c1ccc(NC(=O)Cc2cccc(F)c2)cc1Cl. The number of benzene rings is 2. The summed E-state index contributed by atoms with van der Waals surface area (Å²) in [6, 6.07) is 10.7. The molecule has 0 saturated carbocycles. The summed E-state index contributed by atoms with van der Waals surface area (Å²) in [5.41, 5.74) is 1.47. The molecule has 0 fully saturated rings. The third kappa shape index (κ3) is 5.03. The number of nitrogens with zero attached hydrogens (tertiary/aromatic N) is 1. The number of rotatable bonds is 6. The van der Waals surface area contributed by atoms with E-state index in [1.54, 1.807) is 35.2 Å². The number of carbonyl (C=O) groups is 2. The van der Waals surface area contributed by atoms with Crippen molar-refractivity contribution in [2.75, 3.05) is 18.4 Å². The topological polar surface area (TPSA) is 49.4 Å². The molecule has 0 radical (unpaired) electrons. The highest BCUT2D eigenvalue weighted by atomic mass is 35.5. The van der Waals surface area contributed by atoms with Crippen molar-refractivity contribution in [1.29, 1.82) is 0 Å². The molecule has 1 N–H and O–H groups in total. The molecule has 0 bridgehead atoms. The van der Waals surface area contributed by atoms with Crippen LogP contribution in [0.2, 0.25) is 5.02 Å². The van der Waals surface area contributed by atoms with Crippen LogP contribution in [0.1, 0.15) is 29.8 Å². The van der Waals surface area contributed by atoms with Gasteiger partial charge in [0.2, 0.25) is 5.91 Å². The Hall–Kier alpha value is -2.40. The molecule has 0 heterocycles. The van der Waals surface area contributed by atoms with Crippen molar-refractivity contribution in [2.45, 2.75) is 20.3 Å². The largest absolute Gasteiger partial charge is 0.339 e. The van der Waals surface area contributed by atoms with Crippen molar-refractivity contribution in [3.63, 3.8) is 0 Å². The molecule has 132 valence electrons. The average Bonchev–Trinajstić information content (AvgIpc) is 2.55. The first-order chi connectivity index (χ1) is 11.9. The maximum Gasteiger partial charge on any atom is 0.255 e. The van der Waals surface area contributed by atoms with Gasteiger partial charge in [0.25, 0.3) is 5.91 Å². The minimum Gasteiger partial charge on any atom is -0.339 e. The van der Waals surface area contributed by atoms with Gasteiger partial charge < -0.3 is 10.2 Å². The molecule has 25 heavy (non-hydrogen) atoms. The van der Waals surface area contributed by atoms with E-state index in [0.29, 0.717) is 29.9 Å². The van der Waals surface area contributed by atoms with E-state index in [1.807, 2.05) is 13.8 Å². The number of hydrogen-bond donors (Lipinski definition) is 1. The van der Waals surface area contributed by atoms with E-state index in [9.17, 15) is 14.0 Å². The second-order valence-corrected chi connectivity index (χ2v) is 5.93. The fourth-order valence-electron chi connectivity index (χ4n) is 2.48. The fourth-order valence-corrected chi connectivity index (χ4v) is 2.75. The van der Waals surface area contributed by atoms with Gasteiger partial charge in [-0.3, -0.25) is 9.59 Å². The van der Waals surface area contributed by atoms with E-state index in [-0.39, 0.29) is 29.1 Å². The van der Waals surface area contributed by atoms with E-state index >= 15 is 0 Å². The first-order valence-electron chi connectivity index (χ1n) is 8.07. The van der Waals surface area contributed by atoms with Crippen LogP contribution >= 0.6 is 11.6 Å². The number of amides is 2. The minimum absolute atomic E-state index is 0.0511. The van der Waals surface area contributed by atoms with Crippen LogP contribution in [0.5, 0.6) is 0 Å². The Bertz CT molecular complexity index is 776. The molecule has 2 amide bonds.